The second kappa shape index (κ2) is 9.11. The zero-order valence-electron chi connectivity index (χ0n) is 11.3. The van der Waals surface area contributed by atoms with Crippen LogP contribution in [0.4, 0.5) is 5.69 Å². The molecule has 0 bridgehead atoms. The van der Waals surface area contributed by atoms with E-state index in [1.54, 1.807) is 0 Å². The molecule has 0 unspecified atom stereocenters. The van der Waals surface area contributed by atoms with Crippen molar-refractivity contribution in [2.75, 3.05) is 27.2 Å². The fraction of sp³-hybridized carbons (Fsp3) is 0.417. The number of nitrogens with one attached hydrogen (secondary N) is 2. The summed E-state index contributed by atoms with van der Waals surface area (Å²) in [5, 5.41) is 16.4. The first-order valence-electron chi connectivity index (χ1n) is 5.85. The molecule has 112 valence electrons. The molecular formula is C12H18ClN3O4. The van der Waals surface area contributed by atoms with Crippen LogP contribution in [0.5, 0.6) is 5.75 Å². The van der Waals surface area contributed by atoms with Gasteiger partial charge in [0.05, 0.1) is 17.6 Å². The van der Waals surface area contributed by atoms with Crippen molar-refractivity contribution in [3.63, 3.8) is 0 Å². The lowest BCUT2D eigenvalue weighted by Crippen LogP contribution is -2.27. The van der Waals surface area contributed by atoms with Crippen LogP contribution >= 0.6 is 12.4 Å². The summed E-state index contributed by atoms with van der Waals surface area (Å²) in [5.41, 5.74) is 0.0299. The summed E-state index contributed by atoms with van der Waals surface area (Å²) in [6.07, 6.45) is 0.777. The van der Waals surface area contributed by atoms with E-state index < -0.39 is 4.92 Å². The van der Waals surface area contributed by atoms with Crippen molar-refractivity contribution in [2.24, 2.45) is 0 Å². The number of nitro benzene ring substituents is 1. The molecule has 0 fully saturated rings. The monoisotopic (exact) mass is 303 g/mol. The molecule has 7 nitrogen and oxygen atoms in total. The molecule has 0 radical (unpaired) electrons. The highest BCUT2D eigenvalue weighted by atomic mass is 35.5. The molecule has 1 amide bonds. The molecule has 0 aliphatic carbocycles. The Kier molecular flexibility index (Phi) is 8.26. The van der Waals surface area contributed by atoms with Crippen molar-refractivity contribution in [1.82, 2.24) is 10.6 Å². The first-order chi connectivity index (χ1) is 9.10. The molecule has 0 aliphatic rings. The maximum absolute atomic E-state index is 11.9. The molecule has 1 aromatic rings. The van der Waals surface area contributed by atoms with Crippen molar-refractivity contribution >= 4 is 24.0 Å². The second-order valence-electron chi connectivity index (χ2n) is 3.85. The minimum Gasteiger partial charge on any atom is -0.496 e. The third-order valence-corrected chi connectivity index (χ3v) is 2.53. The van der Waals surface area contributed by atoms with E-state index in [1.807, 2.05) is 7.05 Å². The Morgan fingerprint density at radius 1 is 1.40 bits per heavy atom. The van der Waals surface area contributed by atoms with Gasteiger partial charge in [-0.3, -0.25) is 14.9 Å². The number of non-ortho nitro benzene ring substituents is 1. The van der Waals surface area contributed by atoms with Crippen molar-refractivity contribution in [3.05, 3.63) is 33.9 Å². The second-order valence-corrected chi connectivity index (χ2v) is 3.85. The average Bonchev–Trinajstić information content (AvgIpc) is 2.42. The third-order valence-electron chi connectivity index (χ3n) is 2.53. The molecule has 2 N–H and O–H groups in total. The Morgan fingerprint density at radius 3 is 2.65 bits per heavy atom. The lowest BCUT2D eigenvalue weighted by molar-refractivity contribution is -0.384. The smallest absolute Gasteiger partial charge is 0.270 e. The van der Waals surface area contributed by atoms with E-state index in [9.17, 15) is 14.9 Å². The van der Waals surface area contributed by atoms with E-state index in [4.69, 9.17) is 4.74 Å². The zero-order chi connectivity index (χ0) is 14.3. The van der Waals surface area contributed by atoms with Gasteiger partial charge >= 0.3 is 0 Å². The molecule has 0 heterocycles. The van der Waals surface area contributed by atoms with E-state index in [1.165, 1.54) is 25.3 Å². The number of rotatable bonds is 7. The van der Waals surface area contributed by atoms with E-state index in [2.05, 4.69) is 10.6 Å². The van der Waals surface area contributed by atoms with E-state index in [-0.39, 0.29) is 29.6 Å². The van der Waals surface area contributed by atoms with Gasteiger partial charge in [-0.05, 0) is 26.1 Å². The largest absolute Gasteiger partial charge is 0.496 e. The van der Waals surface area contributed by atoms with Crippen LogP contribution in [0.1, 0.15) is 16.8 Å². The van der Waals surface area contributed by atoms with Gasteiger partial charge in [-0.15, -0.1) is 12.4 Å². The molecule has 1 rings (SSSR count). The maximum atomic E-state index is 11.9. The Hall–Kier alpha value is -1.86. The minimum atomic E-state index is -0.544. The molecule has 0 saturated carbocycles. The highest BCUT2D eigenvalue weighted by Crippen LogP contribution is 2.23. The molecular weight excluding hydrogens is 286 g/mol. The molecule has 8 heteroatoms. The number of carbonyl (C=O) groups is 1. The van der Waals surface area contributed by atoms with Gasteiger partial charge in [-0.1, -0.05) is 0 Å². The quantitative estimate of drug-likeness (QED) is 0.451. The Bertz CT molecular complexity index is 468. The predicted octanol–water partition coefficient (Wildman–Crippen LogP) is 1.36. The maximum Gasteiger partial charge on any atom is 0.270 e. The number of hydrogen-bond donors (Lipinski definition) is 2. The molecule has 1 aromatic carbocycles. The number of nitrogens with zero attached hydrogens (tertiary/aromatic N) is 1. The van der Waals surface area contributed by atoms with E-state index in [0.717, 1.165) is 13.0 Å². The van der Waals surface area contributed by atoms with Crippen LogP contribution < -0.4 is 15.4 Å². The van der Waals surface area contributed by atoms with Gasteiger partial charge < -0.3 is 15.4 Å². The average molecular weight is 304 g/mol. The molecule has 0 saturated heterocycles. The van der Waals surface area contributed by atoms with Crippen molar-refractivity contribution in [2.45, 2.75) is 6.42 Å². The fourth-order valence-electron chi connectivity index (χ4n) is 1.55. The van der Waals surface area contributed by atoms with Gasteiger partial charge in [-0.25, -0.2) is 0 Å². The van der Waals surface area contributed by atoms with Crippen LogP contribution in [0.3, 0.4) is 0 Å². The van der Waals surface area contributed by atoms with E-state index in [0.29, 0.717) is 12.3 Å². The van der Waals surface area contributed by atoms with Crippen LogP contribution in [0, 0.1) is 10.1 Å². The summed E-state index contributed by atoms with van der Waals surface area (Å²) < 4.78 is 5.03. The fourth-order valence-corrected chi connectivity index (χ4v) is 1.55. The first-order valence-corrected chi connectivity index (χ1v) is 5.85. The summed E-state index contributed by atoms with van der Waals surface area (Å²) in [4.78, 5) is 22.1. The first kappa shape index (κ1) is 18.1. The highest BCUT2D eigenvalue weighted by molar-refractivity contribution is 5.97. The van der Waals surface area contributed by atoms with Crippen molar-refractivity contribution < 1.29 is 14.5 Å². The molecule has 0 atom stereocenters. The molecule has 20 heavy (non-hydrogen) atoms. The van der Waals surface area contributed by atoms with Crippen LogP contribution in [-0.4, -0.2) is 38.1 Å². The number of hydrogen-bond acceptors (Lipinski definition) is 5. The molecule has 0 spiro atoms. The van der Waals surface area contributed by atoms with Crippen molar-refractivity contribution in [1.29, 1.82) is 0 Å². The van der Waals surface area contributed by atoms with Gasteiger partial charge in [-0.2, -0.15) is 0 Å². The lowest BCUT2D eigenvalue weighted by atomic mass is 10.1. The Balaban J connectivity index is 0.00000361. The number of carbonyl (C=O) groups excluding carboxylic acids is 1. The van der Waals surface area contributed by atoms with E-state index >= 15 is 0 Å². The summed E-state index contributed by atoms with van der Waals surface area (Å²) in [6.45, 7) is 1.28. The van der Waals surface area contributed by atoms with Gasteiger partial charge in [0.2, 0.25) is 0 Å². The molecule has 0 aliphatic heterocycles. The van der Waals surface area contributed by atoms with Crippen LogP contribution in [0.15, 0.2) is 18.2 Å². The third kappa shape index (κ3) is 5.02. The van der Waals surface area contributed by atoms with Gasteiger partial charge in [0.1, 0.15) is 5.75 Å². The number of nitro groups is 1. The SMILES string of the molecule is CNCCCNC(=O)c1cc([N+](=O)[O-])ccc1OC.Cl. The zero-order valence-corrected chi connectivity index (χ0v) is 12.2. The standard InChI is InChI=1S/C12H17N3O4.ClH/c1-13-6-3-7-14-12(16)10-8-9(15(17)18)4-5-11(10)19-2;/h4-5,8,13H,3,6-7H2,1-2H3,(H,14,16);1H. The minimum absolute atomic E-state index is 0. The number of ether oxygens (including phenoxy) is 1. The summed E-state index contributed by atoms with van der Waals surface area (Å²) >= 11 is 0. The topological polar surface area (TPSA) is 93.5 Å². The number of amides is 1. The van der Waals surface area contributed by atoms with Crippen LogP contribution in [0.25, 0.3) is 0 Å². The normalized spacial score (nSPS) is 9.50. The molecule has 0 aromatic heterocycles. The Labute approximate surface area is 123 Å². The summed E-state index contributed by atoms with van der Waals surface area (Å²) in [6, 6.07) is 3.93. The van der Waals surface area contributed by atoms with Gasteiger partial charge in [0.25, 0.3) is 11.6 Å². The lowest BCUT2D eigenvalue weighted by Gasteiger charge is -2.09. The number of methoxy groups -OCH3 is 1. The van der Waals surface area contributed by atoms with Crippen LogP contribution in [-0.2, 0) is 0 Å². The van der Waals surface area contributed by atoms with Crippen LogP contribution in [0.2, 0.25) is 0 Å². The van der Waals surface area contributed by atoms with Gasteiger partial charge in [0.15, 0.2) is 0 Å². The highest BCUT2D eigenvalue weighted by Gasteiger charge is 2.16. The van der Waals surface area contributed by atoms with Gasteiger partial charge in [0, 0.05) is 18.7 Å². The summed E-state index contributed by atoms with van der Waals surface area (Å²) in [7, 11) is 3.24. The Morgan fingerprint density at radius 2 is 2.10 bits per heavy atom. The van der Waals surface area contributed by atoms with Crippen molar-refractivity contribution in [3.8, 4) is 5.75 Å². The number of halogens is 1. The number of benzene rings is 1. The predicted molar refractivity (Wildman–Crippen MR) is 77.8 cm³/mol. The summed E-state index contributed by atoms with van der Waals surface area (Å²) in [5.74, 6) is -0.0617.